The van der Waals surface area contributed by atoms with Gasteiger partial charge in [0.15, 0.2) is 0 Å². The lowest BCUT2D eigenvalue weighted by molar-refractivity contribution is 0.588. The van der Waals surface area contributed by atoms with Crippen LogP contribution in [-0.4, -0.2) is 17.6 Å². The Morgan fingerprint density at radius 1 is 1.75 bits per heavy atom. The van der Waals surface area contributed by atoms with E-state index in [1.165, 1.54) is 0 Å². The highest BCUT2D eigenvalue weighted by Crippen LogP contribution is 2.02. The highest BCUT2D eigenvalue weighted by molar-refractivity contribution is 7.09. The Hall–Kier alpha value is -0.450. The molecule has 1 aromatic heterocycles. The average molecular weight is 185 g/mol. The molecule has 1 rings (SSSR count). The van der Waals surface area contributed by atoms with Crippen molar-refractivity contribution in [3.05, 3.63) is 16.6 Å². The molecule has 68 valence electrons. The Morgan fingerprint density at radius 3 is 3.17 bits per heavy atom. The van der Waals surface area contributed by atoms with Crippen molar-refractivity contribution in [1.82, 2.24) is 10.3 Å². The van der Waals surface area contributed by atoms with Gasteiger partial charge in [-0.15, -0.1) is 11.3 Å². The van der Waals surface area contributed by atoms with Crippen molar-refractivity contribution in [2.24, 2.45) is 5.73 Å². The summed E-state index contributed by atoms with van der Waals surface area (Å²) in [5.41, 5.74) is 5.60. The van der Waals surface area contributed by atoms with Gasteiger partial charge in [-0.25, -0.2) is 4.98 Å². The molecule has 0 aliphatic carbocycles. The molecular formula is C8H15N3S. The first kappa shape index (κ1) is 9.64. The van der Waals surface area contributed by atoms with Crippen molar-refractivity contribution < 1.29 is 0 Å². The second-order valence-electron chi connectivity index (χ2n) is 2.87. The summed E-state index contributed by atoms with van der Waals surface area (Å²) in [6.07, 6.45) is 2.85. The summed E-state index contributed by atoms with van der Waals surface area (Å²) in [4.78, 5) is 4.16. The van der Waals surface area contributed by atoms with Gasteiger partial charge in [0.25, 0.3) is 0 Å². The van der Waals surface area contributed by atoms with E-state index in [-0.39, 0.29) is 6.04 Å². The zero-order valence-electron chi connectivity index (χ0n) is 7.29. The third kappa shape index (κ3) is 3.80. The molecule has 4 heteroatoms. The number of nitrogens with one attached hydrogen (secondary N) is 1. The van der Waals surface area contributed by atoms with Crippen molar-refractivity contribution in [3.63, 3.8) is 0 Å². The first-order valence-electron chi connectivity index (χ1n) is 4.13. The van der Waals surface area contributed by atoms with E-state index in [9.17, 15) is 0 Å². The van der Waals surface area contributed by atoms with Gasteiger partial charge in [-0.3, -0.25) is 0 Å². The van der Waals surface area contributed by atoms with Gasteiger partial charge < -0.3 is 11.1 Å². The van der Waals surface area contributed by atoms with Crippen molar-refractivity contribution in [3.8, 4) is 0 Å². The number of aromatic nitrogens is 1. The third-order valence-electron chi connectivity index (χ3n) is 1.54. The van der Waals surface area contributed by atoms with Crippen LogP contribution in [0.25, 0.3) is 0 Å². The van der Waals surface area contributed by atoms with Crippen molar-refractivity contribution >= 4 is 11.3 Å². The normalized spacial score (nSPS) is 13.2. The molecule has 1 atom stereocenters. The summed E-state index contributed by atoms with van der Waals surface area (Å²) in [6.45, 7) is 3.85. The maximum atomic E-state index is 5.60. The van der Waals surface area contributed by atoms with E-state index in [2.05, 4.69) is 10.3 Å². The van der Waals surface area contributed by atoms with Gasteiger partial charge in [0, 0.05) is 24.2 Å². The fourth-order valence-electron chi connectivity index (χ4n) is 0.865. The van der Waals surface area contributed by atoms with Gasteiger partial charge >= 0.3 is 0 Å². The van der Waals surface area contributed by atoms with Gasteiger partial charge in [-0.05, 0) is 19.9 Å². The quantitative estimate of drug-likeness (QED) is 0.672. The van der Waals surface area contributed by atoms with Gasteiger partial charge in [-0.1, -0.05) is 0 Å². The van der Waals surface area contributed by atoms with Crippen LogP contribution >= 0.6 is 11.3 Å². The van der Waals surface area contributed by atoms with E-state index < -0.39 is 0 Å². The molecule has 0 fully saturated rings. The van der Waals surface area contributed by atoms with Crippen LogP contribution in [0, 0.1) is 0 Å². The number of thiazole rings is 1. The topological polar surface area (TPSA) is 50.9 Å². The second-order valence-corrected chi connectivity index (χ2v) is 3.85. The fraction of sp³-hybridized carbons (Fsp3) is 0.625. The SMILES string of the molecule is C[C@H](N)CCNCc1nccs1. The summed E-state index contributed by atoms with van der Waals surface area (Å²) in [7, 11) is 0. The molecule has 0 saturated heterocycles. The van der Waals surface area contributed by atoms with Gasteiger partial charge in [0.05, 0.1) is 0 Å². The van der Waals surface area contributed by atoms with Crippen molar-refractivity contribution in [1.29, 1.82) is 0 Å². The predicted molar refractivity (Wildman–Crippen MR) is 52.1 cm³/mol. The van der Waals surface area contributed by atoms with Crippen LogP contribution in [0.5, 0.6) is 0 Å². The lowest BCUT2D eigenvalue weighted by atomic mass is 10.2. The Morgan fingerprint density at radius 2 is 2.58 bits per heavy atom. The molecule has 0 radical (unpaired) electrons. The molecule has 0 bridgehead atoms. The summed E-state index contributed by atoms with van der Waals surface area (Å²) < 4.78 is 0. The summed E-state index contributed by atoms with van der Waals surface area (Å²) in [6, 6.07) is 0.286. The Balaban J connectivity index is 2.04. The van der Waals surface area contributed by atoms with Gasteiger partial charge in [0.1, 0.15) is 5.01 Å². The molecule has 0 unspecified atom stereocenters. The zero-order valence-corrected chi connectivity index (χ0v) is 8.10. The van der Waals surface area contributed by atoms with Crippen LogP contribution in [0.3, 0.4) is 0 Å². The highest BCUT2D eigenvalue weighted by Gasteiger charge is 1.95. The van der Waals surface area contributed by atoms with Gasteiger partial charge in [-0.2, -0.15) is 0 Å². The maximum absolute atomic E-state index is 5.60. The molecule has 1 aromatic rings. The number of hydrogen-bond donors (Lipinski definition) is 2. The van der Waals surface area contributed by atoms with E-state index in [4.69, 9.17) is 5.73 Å². The number of rotatable bonds is 5. The second kappa shape index (κ2) is 5.24. The van der Waals surface area contributed by atoms with E-state index in [0.29, 0.717) is 0 Å². The molecule has 0 amide bonds. The van der Waals surface area contributed by atoms with Crippen LogP contribution in [0.2, 0.25) is 0 Å². The Kier molecular flexibility index (Phi) is 4.21. The summed E-state index contributed by atoms with van der Waals surface area (Å²) in [5.74, 6) is 0. The molecule has 0 aromatic carbocycles. The largest absolute Gasteiger partial charge is 0.328 e. The van der Waals surface area contributed by atoms with E-state index >= 15 is 0 Å². The van der Waals surface area contributed by atoms with Gasteiger partial charge in [0.2, 0.25) is 0 Å². The van der Waals surface area contributed by atoms with E-state index in [1.54, 1.807) is 11.3 Å². The van der Waals surface area contributed by atoms with Crippen LogP contribution in [0.15, 0.2) is 11.6 Å². The minimum Gasteiger partial charge on any atom is -0.328 e. The summed E-state index contributed by atoms with van der Waals surface area (Å²) >= 11 is 1.68. The first-order chi connectivity index (χ1) is 5.79. The predicted octanol–water partition coefficient (Wildman–Crippen LogP) is 0.970. The number of nitrogens with zero attached hydrogens (tertiary/aromatic N) is 1. The lowest BCUT2D eigenvalue weighted by Gasteiger charge is -2.04. The first-order valence-corrected chi connectivity index (χ1v) is 5.01. The molecule has 1 heterocycles. The molecule has 0 aliphatic rings. The lowest BCUT2D eigenvalue weighted by Crippen LogP contribution is -2.23. The molecule has 3 N–H and O–H groups in total. The average Bonchev–Trinajstić information content (AvgIpc) is 2.49. The molecular weight excluding hydrogens is 170 g/mol. The minimum atomic E-state index is 0.286. The minimum absolute atomic E-state index is 0.286. The summed E-state index contributed by atoms with van der Waals surface area (Å²) in [5, 5.41) is 6.41. The Labute approximate surface area is 77.0 Å². The molecule has 0 aliphatic heterocycles. The van der Waals surface area contributed by atoms with Crippen molar-refractivity contribution in [2.75, 3.05) is 6.54 Å². The molecule has 0 saturated carbocycles. The van der Waals surface area contributed by atoms with Crippen LogP contribution < -0.4 is 11.1 Å². The fourth-order valence-corrected chi connectivity index (χ4v) is 1.45. The Bertz CT molecular complexity index is 196. The molecule has 3 nitrogen and oxygen atoms in total. The highest BCUT2D eigenvalue weighted by atomic mass is 32.1. The third-order valence-corrected chi connectivity index (χ3v) is 2.32. The van der Waals surface area contributed by atoms with E-state index in [0.717, 1.165) is 24.5 Å². The van der Waals surface area contributed by atoms with Crippen LogP contribution in [0.1, 0.15) is 18.4 Å². The maximum Gasteiger partial charge on any atom is 0.106 e. The standard InChI is InChI=1S/C8H15N3S/c1-7(9)2-3-10-6-8-11-4-5-12-8/h4-5,7,10H,2-3,6,9H2,1H3/t7-/m0/s1. The number of hydrogen-bond acceptors (Lipinski definition) is 4. The van der Waals surface area contributed by atoms with E-state index in [1.807, 2.05) is 18.5 Å². The van der Waals surface area contributed by atoms with Crippen molar-refractivity contribution in [2.45, 2.75) is 25.9 Å². The number of nitrogens with two attached hydrogens (primary N) is 1. The molecule has 12 heavy (non-hydrogen) atoms. The monoisotopic (exact) mass is 185 g/mol. The van der Waals surface area contributed by atoms with Crippen LogP contribution in [-0.2, 0) is 6.54 Å². The van der Waals surface area contributed by atoms with Crippen LogP contribution in [0.4, 0.5) is 0 Å². The molecule has 0 spiro atoms. The smallest absolute Gasteiger partial charge is 0.106 e. The zero-order chi connectivity index (χ0) is 8.81.